The van der Waals surface area contributed by atoms with Gasteiger partial charge in [-0.3, -0.25) is 14.4 Å². The van der Waals surface area contributed by atoms with Crippen LogP contribution in [0.25, 0.3) is 0 Å². The fraction of sp³-hybridized carbons (Fsp3) is 0.167. The smallest absolute Gasteiger partial charge is 0.307 e. The maximum Gasteiger partial charge on any atom is 0.307 e. The molecule has 1 aliphatic rings. The first-order chi connectivity index (χ1) is 12.0. The maximum absolute atomic E-state index is 13.5. The van der Waals surface area contributed by atoms with Crippen LogP contribution in [0.3, 0.4) is 0 Å². The summed E-state index contributed by atoms with van der Waals surface area (Å²) in [4.78, 5) is 36.7. The molecule has 1 N–H and O–H groups in total. The topological polar surface area (TPSA) is 72.5 Å². The van der Waals surface area contributed by atoms with Crippen molar-refractivity contribution in [3.8, 4) is 0 Å². The first kappa shape index (κ1) is 17.2. The molecule has 0 bridgehead atoms. The number of esters is 1. The second-order valence-electron chi connectivity index (χ2n) is 5.36. The van der Waals surface area contributed by atoms with E-state index in [4.69, 9.17) is 4.74 Å². The van der Waals surface area contributed by atoms with Crippen LogP contribution < -0.4 is 5.32 Å². The first-order valence-electron chi connectivity index (χ1n) is 7.54. The van der Waals surface area contributed by atoms with Crippen molar-refractivity contribution >= 4 is 35.1 Å². The summed E-state index contributed by atoms with van der Waals surface area (Å²) in [7, 11) is 0. The highest BCUT2D eigenvalue weighted by molar-refractivity contribution is 8.01. The minimum atomic E-state index is -0.684. The van der Waals surface area contributed by atoms with E-state index in [1.807, 2.05) is 18.2 Å². The van der Waals surface area contributed by atoms with E-state index >= 15 is 0 Å². The Kier molecular flexibility index (Phi) is 5.14. The van der Waals surface area contributed by atoms with Crippen molar-refractivity contribution in [2.75, 3.05) is 11.9 Å². The van der Waals surface area contributed by atoms with E-state index in [1.54, 1.807) is 6.07 Å². The molecule has 0 aromatic heterocycles. The Morgan fingerprint density at radius 3 is 2.64 bits per heavy atom. The van der Waals surface area contributed by atoms with Crippen LogP contribution >= 0.6 is 11.8 Å². The second-order valence-corrected chi connectivity index (χ2v) is 6.60. The summed E-state index contributed by atoms with van der Waals surface area (Å²) in [6.45, 7) is -0.560. The summed E-state index contributed by atoms with van der Waals surface area (Å²) in [5.74, 6) is -2.27. The molecule has 1 unspecified atom stereocenters. The van der Waals surface area contributed by atoms with Crippen molar-refractivity contribution in [1.29, 1.82) is 0 Å². The molecule has 2 aromatic rings. The van der Waals surface area contributed by atoms with Gasteiger partial charge in [-0.2, -0.15) is 0 Å². The lowest BCUT2D eigenvalue weighted by Gasteiger charge is -2.23. The number of Topliss-reactive ketones (excluding diaryl/α,β-unsaturated/α-hetero) is 1. The predicted molar refractivity (Wildman–Crippen MR) is 91.0 cm³/mol. The van der Waals surface area contributed by atoms with Crippen LogP contribution in [-0.4, -0.2) is 29.5 Å². The highest BCUT2D eigenvalue weighted by Crippen LogP contribution is 2.36. The zero-order valence-corrected chi connectivity index (χ0v) is 13.8. The largest absolute Gasteiger partial charge is 0.457 e. The van der Waals surface area contributed by atoms with E-state index in [1.165, 1.54) is 30.0 Å². The summed E-state index contributed by atoms with van der Waals surface area (Å²) in [6.07, 6.45) is -0.171. The molecule has 1 heterocycles. The monoisotopic (exact) mass is 359 g/mol. The number of halogens is 1. The van der Waals surface area contributed by atoms with Crippen LogP contribution in [0.1, 0.15) is 16.8 Å². The van der Waals surface area contributed by atoms with Crippen LogP contribution in [0.5, 0.6) is 0 Å². The number of anilines is 1. The van der Waals surface area contributed by atoms with Gasteiger partial charge in [-0.1, -0.05) is 24.3 Å². The minimum Gasteiger partial charge on any atom is -0.457 e. The zero-order valence-electron chi connectivity index (χ0n) is 13.0. The summed E-state index contributed by atoms with van der Waals surface area (Å²) in [6, 6.07) is 12.8. The highest BCUT2D eigenvalue weighted by atomic mass is 32.2. The number of amides is 1. The molecule has 1 amide bonds. The lowest BCUT2D eigenvalue weighted by molar-refractivity contribution is -0.143. The molecule has 128 valence electrons. The van der Waals surface area contributed by atoms with Gasteiger partial charge in [-0.25, -0.2) is 4.39 Å². The Morgan fingerprint density at radius 2 is 1.84 bits per heavy atom. The van der Waals surface area contributed by atoms with Gasteiger partial charge in [-0.05, 0) is 24.3 Å². The molecule has 0 saturated heterocycles. The number of fused-ring (bicyclic) bond motifs is 1. The van der Waals surface area contributed by atoms with Crippen molar-refractivity contribution in [2.45, 2.75) is 16.6 Å². The number of hydrogen-bond acceptors (Lipinski definition) is 5. The number of hydrogen-bond donors (Lipinski definition) is 1. The molecule has 0 spiro atoms. The van der Waals surface area contributed by atoms with Gasteiger partial charge in [0.15, 0.2) is 6.61 Å². The summed E-state index contributed by atoms with van der Waals surface area (Å²) in [5, 5.41) is 2.10. The molecule has 0 fully saturated rings. The first-order valence-corrected chi connectivity index (χ1v) is 8.42. The fourth-order valence-corrected chi connectivity index (χ4v) is 3.44. The number of rotatable bonds is 5. The number of ketones is 1. The van der Waals surface area contributed by atoms with E-state index in [2.05, 4.69) is 5.32 Å². The Hall–Kier alpha value is -2.67. The molecular weight excluding hydrogens is 345 g/mol. The Bertz CT molecular complexity index is 839. The predicted octanol–water partition coefficient (Wildman–Crippen LogP) is 3.05. The molecule has 1 aliphatic heterocycles. The van der Waals surface area contributed by atoms with Crippen LogP contribution in [-0.2, 0) is 14.3 Å². The lowest BCUT2D eigenvalue weighted by Crippen LogP contribution is -2.31. The van der Waals surface area contributed by atoms with Crippen LogP contribution in [0.15, 0.2) is 53.4 Å². The van der Waals surface area contributed by atoms with E-state index in [0.29, 0.717) is 5.69 Å². The number of benzene rings is 2. The average molecular weight is 359 g/mol. The molecule has 3 rings (SSSR count). The van der Waals surface area contributed by atoms with Crippen LogP contribution in [0.4, 0.5) is 10.1 Å². The summed E-state index contributed by atoms with van der Waals surface area (Å²) in [5.41, 5.74) is 0.575. The minimum absolute atomic E-state index is 0.131. The van der Waals surface area contributed by atoms with Crippen molar-refractivity contribution in [2.24, 2.45) is 0 Å². The third-order valence-corrected chi connectivity index (χ3v) is 4.87. The molecule has 5 nitrogen and oxygen atoms in total. The molecule has 7 heteroatoms. The molecule has 0 radical (unpaired) electrons. The van der Waals surface area contributed by atoms with E-state index in [-0.39, 0.29) is 17.9 Å². The molecule has 2 aromatic carbocycles. The van der Waals surface area contributed by atoms with Gasteiger partial charge in [0, 0.05) is 4.90 Å². The third kappa shape index (κ3) is 4.06. The van der Waals surface area contributed by atoms with Gasteiger partial charge in [-0.15, -0.1) is 11.8 Å². The molecule has 0 saturated carbocycles. The third-order valence-electron chi connectivity index (χ3n) is 3.60. The molecule has 1 atom stereocenters. The number of nitrogens with one attached hydrogen (secondary N) is 1. The van der Waals surface area contributed by atoms with Gasteiger partial charge in [0.05, 0.1) is 22.9 Å². The number of para-hydroxylation sites is 1. The Morgan fingerprint density at radius 1 is 1.12 bits per heavy atom. The van der Waals surface area contributed by atoms with Gasteiger partial charge >= 0.3 is 5.97 Å². The molecule has 25 heavy (non-hydrogen) atoms. The van der Waals surface area contributed by atoms with Crippen molar-refractivity contribution in [1.82, 2.24) is 0 Å². The quantitative estimate of drug-likeness (QED) is 0.656. The molecule has 0 aliphatic carbocycles. The van der Waals surface area contributed by atoms with E-state index in [0.717, 1.165) is 11.0 Å². The Balaban J connectivity index is 1.56. The number of thioether (sulfide) groups is 1. The zero-order chi connectivity index (χ0) is 17.8. The number of carbonyl (C=O) groups excluding carboxylic acids is 3. The van der Waals surface area contributed by atoms with Gasteiger partial charge in [0.1, 0.15) is 5.82 Å². The molecular formula is C18H14FNO4S. The summed E-state index contributed by atoms with van der Waals surface area (Å²) >= 11 is 1.27. The average Bonchev–Trinajstić information content (AvgIpc) is 2.61. The highest BCUT2D eigenvalue weighted by Gasteiger charge is 2.29. The van der Waals surface area contributed by atoms with Crippen LogP contribution in [0.2, 0.25) is 0 Å². The van der Waals surface area contributed by atoms with Crippen molar-refractivity contribution in [3.63, 3.8) is 0 Å². The number of carbonyl (C=O) groups is 3. The van der Waals surface area contributed by atoms with Gasteiger partial charge < -0.3 is 10.1 Å². The maximum atomic E-state index is 13.5. The van der Waals surface area contributed by atoms with Crippen molar-refractivity contribution < 1.29 is 23.5 Å². The Labute approximate surface area is 147 Å². The summed E-state index contributed by atoms with van der Waals surface area (Å²) < 4.78 is 18.4. The number of ether oxygens (including phenoxy) is 1. The van der Waals surface area contributed by atoms with E-state index in [9.17, 15) is 18.8 Å². The SMILES string of the molecule is O=C(CC1Sc2ccccc2NC1=O)OCC(=O)c1ccccc1F. The van der Waals surface area contributed by atoms with Gasteiger partial charge in [0.2, 0.25) is 11.7 Å². The van der Waals surface area contributed by atoms with Crippen LogP contribution in [0, 0.1) is 5.82 Å². The van der Waals surface area contributed by atoms with Gasteiger partial charge in [0.25, 0.3) is 0 Å². The normalized spacial score (nSPS) is 15.9. The van der Waals surface area contributed by atoms with E-state index < -0.39 is 29.4 Å². The van der Waals surface area contributed by atoms with Crippen molar-refractivity contribution in [3.05, 3.63) is 59.9 Å². The standard InChI is InChI=1S/C18H14FNO4S/c19-12-6-2-1-5-11(12)14(21)10-24-17(22)9-16-18(23)20-13-7-3-4-8-15(13)25-16/h1-8,16H,9-10H2,(H,20,23). The lowest BCUT2D eigenvalue weighted by atomic mass is 10.1. The fourth-order valence-electron chi connectivity index (χ4n) is 2.35. The second kappa shape index (κ2) is 7.48.